The van der Waals surface area contributed by atoms with E-state index in [1.54, 1.807) is 24.3 Å². The number of unbranched alkanes of at least 4 members (excludes halogenated alkanes) is 1. The second-order valence-corrected chi connectivity index (χ2v) is 5.06. The number of benzene rings is 2. The predicted octanol–water partition coefficient (Wildman–Crippen LogP) is 4.66. The Labute approximate surface area is 124 Å². The molecule has 0 amide bonds. The van der Waals surface area contributed by atoms with E-state index in [0.717, 1.165) is 19.3 Å². The Morgan fingerprint density at radius 3 is 2.55 bits per heavy atom. The van der Waals surface area contributed by atoms with Gasteiger partial charge in [0.25, 0.3) is 0 Å². The molecule has 0 saturated heterocycles. The van der Waals surface area contributed by atoms with Crippen molar-refractivity contribution in [3.8, 4) is 5.75 Å². The Balaban J connectivity index is 1.68. The van der Waals surface area contributed by atoms with Gasteiger partial charge in [0, 0.05) is 11.4 Å². The zero-order chi connectivity index (χ0) is 14.2. The number of aryl methyl sites for hydroxylation is 1. The molecule has 0 spiro atoms. The van der Waals surface area contributed by atoms with Crippen LogP contribution in [0.3, 0.4) is 0 Å². The van der Waals surface area contributed by atoms with E-state index < -0.39 is 0 Å². The largest absolute Gasteiger partial charge is 0.426 e. The van der Waals surface area contributed by atoms with Crippen LogP contribution in [0.2, 0.25) is 5.02 Å². The van der Waals surface area contributed by atoms with Gasteiger partial charge in [-0.3, -0.25) is 4.79 Å². The van der Waals surface area contributed by atoms with Crippen molar-refractivity contribution in [2.75, 3.05) is 0 Å². The fourth-order valence-corrected chi connectivity index (χ4v) is 2.14. The quantitative estimate of drug-likeness (QED) is 0.439. The first-order valence-corrected chi connectivity index (χ1v) is 7.12. The van der Waals surface area contributed by atoms with Gasteiger partial charge in [-0.25, -0.2) is 0 Å². The fourth-order valence-electron chi connectivity index (χ4n) is 1.96. The molecule has 2 nitrogen and oxygen atoms in total. The predicted molar refractivity (Wildman–Crippen MR) is 81.1 cm³/mol. The third kappa shape index (κ3) is 5.06. The lowest BCUT2D eigenvalue weighted by Crippen LogP contribution is -2.07. The van der Waals surface area contributed by atoms with Gasteiger partial charge in [-0.15, -0.1) is 0 Å². The summed E-state index contributed by atoms with van der Waals surface area (Å²) in [6.07, 6.45) is 3.23. The minimum Gasteiger partial charge on any atom is -0.426 e. The molecule has 0 N–H and O–H groups in total. The lowest BCUT2D eigenvalue weighted by Gasteiger charge is -2.04. The maximum atomic E-state index is 11.7. The first kappa shape index (κ1) is 14.6. The molecule has 3 heteroatoms. The van der Waals surface area contributed by atoms with E-state index in [-0.39, 0.29) is 5.97 Å². The molecule has 2 aromatic carbocycles. The van der Waals surface area contributed by atoms with E-state index in [9.17, 15) is 4.79 Å². The van der Waals surface area contributed by atoms with Gasteiger partial charge in [-0.05, 0) is 43.0 Å². The summed E-state index contributed by atoms with van der Waals surface area (Å²) in [7, 11) is 0. The monoisotopic (exact) mass is 288 g/mol. The Morgan fingerprint density at radius 1 is 1.00 bits per heavy atom. The minimum atomic E-state index is -0.208. The molecule has 0 bridgehead atoms. The molecule has 0 heterocycles. The third-order valence-electron chi connectivity index (χ3n) is 2.97. The second kappa shape index (κ2) is 7.71. The molecule has 0 aliphatic heterocycles. The van der Waals surface area contributed by atoms with Gasteiger partial charge in [0.15, 0.2) is 0 Å². The van der Waals surface area contributed by atoms with E-state index in [4.69, 9.17) is 16.3 Å². The van der Waals surface area contributed by atoms with Gasteiger partial charge in [-0.1, -0.05) is 48.0 Å². The molecule has 0 radical (unpaired) electrons. The van der Waals surface area contributed by atoms with Crippen LogP contribution in [-0.2, 0) is 11.2 Å². The number of ether oxygens (including phenoxy) is 1. The molecule has 104 valence electrons. The summed E-state index contributed by atoms with van der Waals surface area (Å²) in [6.45, 7) is 0. The lowest BCUT2D eigenvalue weighted by atomic mass is 10.1. The van der Waals surface area contributed by atoms with E-state index in [2.05, 4.69) is 12.1 Å². The summed E-state index contributed by atoms with van der Waals surface area (Å²) in [5, 5.41) is 0.569. The number of halogens is 1. The summed E-state index contributed by atoms with van der Waals surface area (Å²) in [5.74, 6) is 0.297. The maximum absolute atomic E-state index is 11.7. The van der Waals surface area contributed by atoms with Crippen molar-refractivity contribution in [1.82, 2.24) is 0 Å². The Hall–Kier alpha value is -1.80. The molecule has 0 aromatic heterocycles. The lowest BCUT2D eigenvalue weighted by molar-refractivity contribution is -0.134. The van der Waals surface area contributed by atoms with Gasteiger partial charge < -0.3 is 4.74 Å². The van der Waals surface area contributed by atoms with E-state index in [1.807, 2.05) is 18.2 Å². The fraction of sp³-hybridized carbons (Fsp3) is 0.235. The minimum absolute atomic E-state index is 0.208. The number of esters is 1. The molecule has 0 aliphatic carbocycles. The van der Waals surface area contributed by atoms with Crippen LogP contribution in [0.1, 0.15) is 24.8 Å². The number of hydrogen-bond donors (Lipinski definition) is 0. The molecule has 0 aliphatic rings. The molecule has 2 rings (SSSR count). The SMILES string of the molecule is O=C(CCCCc1ccccc1)Oc1cccc(Cl)c1. The summed E-state index contributed by atoms with van der Waals surface area (Å²) >= 11 is 5.83. The molecule has 0 saturated carbocycles. The zero-order valence-electron chi connectivity index (χ0n) is 11.2. The summed E-state index contributed by atoms with van der Waals surface area (Å²) in [4.78, 5) is 11.7. The van der Waals surface area contributed by atoms with E-state index in [0.29, 0.717) is 17.2 Å². The number of rotatable bonds is 6. The number of hydrogen-bond acceptors (Lipinski definition) is 2. The van der Waals surface area contributed by atoms with Crippen molar-refractivity contribution in [3.05, 3.63) is 65.2 Å². The van der Waals surface area contributed by atoms with Crippen LogP contribution >= 0.6 is 11.6 Å². The highest BCUT2D eigenvalue weighted by Gasteiger charge is 2.05. The van der Waals surface area contributed by atoms with Crippen molar-refractivity contribution in [3.63, 3.8) is 0 Å². The van der Waals surface area contributed by atoms with Crippen LogP contribution in [0.5, 0.6) is 5.75 Å². The van der Waals surface area contributed by atoms with Gasteiger partial charge in [-0.2, -0.15) is 0 Å². The zero-order valence-corrected chi connectivity index (χ0v) is 12.0. The van der Waals surface area contributed by atoms with Crippen molar-refractivity contribution >= 4 is 17.6 Å². The molecule has 2 aromatic rings. The second-order valence-electron chi connectivity index (χ2n) is 4.62. The average molecular weight is 289 g/mol. The molecule has 0 unspecified atom stereocenters. The van der Waals surface area contributed by atoms with Gasteiger partial charge >= 0.3 is 5.97 Å². The van der Waals surface area contributed by atoms with Crippen LogP contribution in [0.25, 0.3) is 0 Å². The maximum Gasteiger partial charge on any atom is 0.311 e. The van der Waals surface area contributed by atoms with Crippen molar-refractivity contribution in [1.29, 1.82) is 0 Å². The summed E-state index contributed by atoms with van der Waals surface area (Å²) in [5.41, 5.74) is 1.30. The van der Waals surface area contributed by atoms with Crippen LogP contribution in [0.15, 0.2) is 54.6 Å². The van der Waals surface area contributed by atoms with Crippen molar-refractivity contribution < 1.29 is 9.53 Å². The first-order valence-electron chi connectivity index (χ1n) is 6.74. The first-order chi connectivity index (χ1) is 9.74. The number of carbonyl (C=O) groups is 1. The van der Waals surface area contributed by atoms with Crippen LogP contribution in [-0.4, -0.2) is 5.97 Å². The smallest absolute Gasteiger partial charge is 0.311 e. The Kier molecular flexibility index (Phi) is 5.63. The molecule has 0 fully saturated rings. The standard InChI is InChI=1S/C17H17ClO2/c18-15-10-6-11-16(13-15)20-17(19)12-5-4-9-14-7-2-1-3-8-14/h1-3,6-8,10-11,13H,4-5,9,12H2. The molecular weight excluding hydrogens is 272 g/mol. The van der Waals surface area contributed by atoms with Crippen molar-refractivity contribution in [2.45, 2.75) is 25.7 Å². The Bertz CT molecular complexity index is 552. The van der Waals surface area contributed by atoms with E-state index >= 15 is 0 Å². The normalized spacial score (nSPS) is 10.2. The number of carbonyl (C=O) groups excluding carboxylic acids is 1. The third-order valence-corrected chi connectivity index (χ3v) is 3.20. The highest BCUT2D eigenvalue weighted by Crippen LogP contribution is 2.18. The topological polar surface area (TPSA) is 26.3 Å². The molecule has 20 heavy (non-hydrogen) atoms. The highest BCUT2D eigenvalue weighted by molar-refractivity contribution is 6.30. The van der Waals surface area contributed by atoms with Gasteiger partial charge in [0.2, 0.25) is 0 Å². The Morgan fingerprint density at radius 2 is 1.80 bits per heavy atom. The molecular formula is C17H17ClO2. The van der Waals surface area contributed by atoms with Gasteiger partial charge in [0.1, 0.15) is 5.75 Å². The van der Waals surface area contributed by atoms with Gasteiger partial charge in [0.05, 0.1) is 0 Å². The van der Waals surface area contributed by atoms with Crippen LogP contribution in [0, 0.1) is 0 Å². The van der Waals surface area contributed by atoms with E-state index in [1.165, 1.54) is 5.56 Å². The highest BCUT2D eigenvalue weighted by atomic mass is 35.5. The van der Waals surface area contributed by atoms with Crippen LogP contribution < -0.4 is 4.74 Å². The molecule has 0 atom stereocenters. The summed E-state index contributed by atoms with van der Waals surface area (Å²) in [6, 6.07) is 17.2. The average Bonchev–Trinajstić information content (AvgIpc) is 2.45. The van der Waals surface area contributed by atoms with Crippen LogP contribution in [0.4, 0.5) is 0 Å². The van der Waals surface area contributed by atoms with Crippen molar-refractivity contribution in [2.24, 2.45) is 0 Å². The summed E-state index contributed by atoms with van der Waals surface area (Å²) < 4.78 is 5.22.